The molecule has 2 aromatic rings. The number of hydrogen-bond donors (Lipinski definition) is 2. The van der Waals surface area contributed by atoms with Gasteiger partial charge in [-0.05, 0) is 27.7 Å². The first-order valence-corrected chi connectivity index (χ1v) is 7.76. The van der Waals surface area contributed by atoms with E-state index in [1.165, 1.54) is 4.88 Å². The summed E-state index contributed by atoms with van der Waals surface area (Å²) in [5, 5.41) is 7.50. The molecule has 0 aliphatic rings. The van der Waals surface area contributed by atoms with Crippen LogP contribution in [0, 0.1) is 20.8 Å². The lowest BCUT2D eigenvalue weighted by Gasteiger charge is -2.09. The van der Waals surface area contributed by atoms with E-state index in [-0.39, 0.29) is 24.0 Å². The molecule has 22 heavy (non-hydrogen) atoms. The van der Waals surface area contributed by atoms with Gasteiger partial charge in [0.2, 0.25) is 5.89 Å². The minimum Gasteiger partial charge on any atom is -0.444 e. The normalized spacial score (nSPS) is 11.2. The van der Waals surface area contributed by atoms with E-state index in [1.54, 1.807) is 11.3 Å². The van der Waals surface area contributed by atoms with Crippen molar-refractivity contribution in [2.75, 3.05) is 6.54 Å². The van der Waals surface area contributed by atoms with Crippen LogP contribution in [0.15, 0.2) is 15.6 Å². The first kappa shape index (κ1) is 18.9. The number of nitrogens with one attached hydrogen (secondary N) is 2. The molecule has 0 aliphatic heterocycles. The third-order valence-corrected chi connectivity index (χ3v) is 3.78. The summed E-state index contributed by atoms with van der Waals surface area (Å²) in [6.45, 7) is 9.79. The maximum Gasteiger partial charge on any atom is 0.216 e. The molecule has 2 N–H and O–H groups in total. The molecule has 6 nitrogen and oxygen atoms in total. The second-order valence-corrected chi connectivity index (χ2v) is 5.98. The van der Waals surface area contributed by atoms with Crippen molar-refractivity contribution >= 4 is 41.3 Å². The average Bonchev–Trinajstić information content (AvgIpc) is 3.00. The second kappa shape index (κ2) is 9.09. The molecule has 0 amide bonds. The van der Waals surface area contributed by atoms with Crippen LogP contribution in [0.4, 0.5) is 0 Å². The number of halogens is 1. The van der Waals surface area contributed by atoms with E-state index in [0.717, 1.165) is 29.0 Å². The van der Waals surface area contributed by atoms with Gasteiger partial charge in [-0.2, -0.15) is 0 Å². The summed E-state index contributed by atoms with van der Waals surface area (Å²) < 4.78 is 5.52. The molecule has 0 aromatic carbocycles. The summed E-state index contributed by atoms with van der Waals surface area (Å²) in [5.74, 6) is 2.21. The molecule has 8 heteroatoms. The number of aromatic nitrogens is 2. The first-order chi connectivity index (χ1) is 10.1. The quantitative estimate of drug-likeness (QED) is 0.429. The maximum absolute atomic E-state index is 5.52. The van der Waals surface area contributed by atoms with Crippen LogP contribution < -0.4 is 10.6 Å². The van der Waals surface area contributed by atoms with Gasteiger partial charge >= 0.3 is 0 Å². The summed E-state index contributed by atoms with van der Waals surface area (Å²) in [7, 11) is 0. The van der Waals surface area contributed by atoms with Gasteiger partial charge in [0.1, 0.15) is 17.3 Å². The number of thiazole rings is 1. The third kappa shape index (κ3) is 5.56. The average molecular weight is 435 g/mol. The van der Waals surface area contributed by atoms with Gasteiger partial charge in [0.25, 0.3) is 0 Å². The molecular weight excluding hydrogens is 413 g/mol. The standard InChI is InChI=1S/C14H21N5OS.HI/c1-5-15-14(18-8-13-16-6-9(2)21-13)17-7-12-19-10(3)11(4)20-12;/h6H,5,7-8H2,1-4H3,(H2,15,17,18);1H. The lowest BCUT2D eigenvalue weighted by Crippen LogP contribution is -2.36. The van der Waals surface area contributed by atoms with Crippen LogP contribution >= 0.6 is 35.3 Å². The Balaban J connectivity index is 0.00000242. The van der Waals surface area contributed by atoms with Gasteiger partial charge in [0.15, 0.2) is 5.96 Å². The number of aliphatic imine (C=N–C) groups is 1. The van der Waals surface area contributed by atoms with Crippen LogP contribution in [0.5, 0.6) is 0 Å². The second-order valence-electron chi connectivity index (χ2n) is 4.66. The smallest absolute Gasteiger partial charge is 0.216 e. The van der Waals surface area contributed by atoms with Gasteiger partial charge in [-0.1, -0.05) is 0 Å². The highest BCUT2D eigenvalue weighted by atomic mass is 127. The largest absolute Gasteiger partial charge is 0.444 e. The molecule has 122 valence electrons. The van der Waals surface area contributed by atoms with E-state index in [2.05, 4.69) is 25.6 Å². The maximum atomic E-state index is 5.52. The van der Waals surface area contributed by atoms with Crippen LogP contribution in [-0.4, -0.2) is 22.5 Å². The summed E-state index contributed by atoms with van der Waals surface area (Å²) in [5.41, 5.74) is 0.913. The zero-order valence-corrected chi connectivity index (χ0v) is 16.4. The van der Waals surface area contributed by atoms with Crippen LogP contribution in [0.25, 0.3) is 0 Å². The highest BCUT2D eigenvalue weighted by molar-refractivity contribution is 14.0. The van der Waals surface area contributed by atoms with Gasteiger partial charge in [-0.15, -0.1) is 35.3 Å². The molecule has 0 aliphatic carbocycles. The van der Waals surface area contributed by atoms with Crippen molar-refractivity contribution in [3.8, 4) is 0 Å². The molecule has 2 heterocycles. The van der Waals surface area contributed by atoms with Crippen molar-refractivity contribution in [1.29, 1.82) is 0 Å². The molecule has 0 saturated heterocycles. The Morgan fingerprint density at radius 1 is 1.32 bits per heavy atom. The van der Waals surface area contributed by atoms with Crippen molar-refractivity contribution in [1.82, 2.24) is 20.6 Å². The summed E-state index contributed by atoms with van der Waals surface area (Å²) >= 11 is 1.68. The van der Waals surface area contributed by atoms with Crippen molar-refractivity contribution in [2.24, 2.45) is 4.99 Å². The fourth-order valence-electron chi connectivity index (χ4n) is 1.74. The van der Waals surface area contributed by atoms with Gasteiger partial charge < -0.3 is 15.1 Å². The topological polar surface area (TPSA) is 75.3 Å². The lowest BCUT2D eigenvalue weighted by atomic mass is 10.4. The van der Waals surface area contributed by atoms with Gasteiger partial charge in [-0.25, -0.2) is 15.0 Å². The van der Waals surface area contributed by atoms with E-state index in [9.17, 15) is 0 Å². The number of aryl methyl sites for hydroxylation is 3. The Morgan fingerprint density at radius 2 is 2.09 bits per heavy atom. The third-order valence-electron chi connectivity index (χ3n) is 2.87. The minimum atomic E-state index is 0. The predicted molar refractivity (Wildman–Crippen MR) is 99.9 cm³/mol. The molecule has 0 unspecified atom stereocenters. The summed E-state index contributed by atoms with van der Waals surface area (Å²) in [6.07, 6.45) is 1.88. The molecule has 2 rings (SSSR count). The Bertz CT molecular complexity index is 603. The predicted octanol–water partition coefficient (Wildman–Crippen LogP) is 2.93. The van der Waals surface area contributed by atoms with Crippen molar-refractivity contribution < 1.29 is 4.42 Å². The molecule has 0 spiro atoms. The van der Waals surface area contributed by atoms with E-state index in [1.807, 2.05) is 33.9 Å². The number of rotatable bonds is 5. The minimum absolute atomic E-state index is 0. The number of hydrogen-bond acceptors (Lipinski definition) is 5. The van der Waals surface area contributed by atoms with Crippen LogP contribution in [0.3, 0.4) is 0 Å². The zero-order valence-electron chi connectivity index (χ0n) is 13.3. The van der Waals surface area contributed by atoms with Crippen molar-refractivity contribution in [3.05, 3.63) is 33.4 Å². The Kier molecular flexibility index (Phi) is 7.80. The van der Waals surface area contributed by atoms with Crippen LogP contribution in [0.2, 0.25) is 0 Å². The van der Waals surface area contributed by atoms with Gasteiger partial charge in [0.05, 0.1) is 12.2 Å². The number of nitrogens with zero attached hydrogens (tertiary/aromatic N) is 3. The molecule has 0 fully saturated rings. The lowest BCUT2D eigenvalue weighted by molar-refractivity contribution is 0.473. The Hall–Kier alpha value is -1.16. The van der Waals surface area contributed by atoms with E-state index in [4.69, 9.17) is 4.42 Å². The monoisotopic (exact) mass is 435 g/mol. The van der Waals surface area contributed by atoms with E-state index >= 15 is 0 Å². The highest BCUT2D eigenvalue weighted by Gasteiger charge is 2.06. The highest BCUT2D eigenvalue weighted by Crippen LogP contribution is 2.11. The fraction of sp³-hybridized carbons (Fsp3) is 0.500. The first-order valence-electron chi connectivity index (χ1n) is 6.95. The van der Waals surface area contributed by atoms with Crippen molar-refractivity contribution in [2.45, 2.75) is 40.8 Å². The number of oxazole rings is 1. The Labute approximate surface area is 151 Å². The molecular formula is C14H22IN5OS. The van der Waals surface area contributed by atoms with Crippen LogP contribution in [0.1, 0.15) is 34.2 Å². The van der Waals surface area contributed by atoms with E-state index < -0.39 is 0 Å². The Morgan fingerprint density at radius 3 is 2.64 bits per heavy atom. The van der Waals surface area contributed by atoms with Gasteiger partial charge in [0, 0.05) is 17.6 Å². The molecule has 0 atom stereocenters. The van der Waals surface area contributed by atoms with Crippen molar-refractivity contribution in [3.63, 3.8) is 0 Å². The fourth-order valence-corrected chi connectivity index (χ4v) is 2.46. The SMILES string of the molecule is CCNC(=NCc1nc(C)c(C)o1)NCc1ncc(C)s1.I. The van der Waals surface area contributed by atoms with Crippen LogP contribution in [-0.2, 0) is 13.1 Å². The molecule has 2 aromatic heterocycles. The number of guanidine groups is 1. The molecule has 0 saturated carbocycles. The van der Waals surface area contributed by atoms with E-state index in [0.29, 0.717) is 19.0 Å². The summed E-state index contributed by atoms with van der Waals surface area (Å²) in [6, 6.07) is 0. The molecule has 0 radical (unpaired) electrons. The zero-order chi connectivity index (χ0) is 15.2. The summed E-state index contributed by atoms with van der Waals surface area (Å²) in [4.78, 5) is 14.3. The molecule has 0 bridgehead atoms. The van der Waals surface area contributed by atoms with Gasteiger partial charge in [-0.3, -0.25) is 0 Å².